The molecule has 0 aromatic heterocycles. The minimum atomic E-state index is -0.335. The Morgan fingerprint density at radius 2 is 1.53 bits per heavy atom. The van der Waals surface area contributed by atoms with Crippen molar-refractivity contribution in [2.24, 2.45) is 0 Å². The van der Waals surface area contributed by atoms with Crippen molar-refractivity contribution in [3.05, 3.63) is 98.5 Å². The van der Waals surface area contributed by atoms with Crippen molar-refractivity contribution < 1.29 is 14.4 Å². The minimum Gasteiger partial charge on any atom is -0.334 e. The molecule has 3 unspecified atom stereocenters. The number of piperazine rings is 1. The lowest BCUT2D eigenvalue weighted by atomic mass is 9.96. The van der Waals surface area contributed by atoms with Gasteiger partial charge in [0, 0.05) is 62.5 Å². The predicted molar refractivity (Wildman–Crippen MR) is 187 cm³/mol. The number of nitrogens with zero attached hydrogens (tertiary/aromatic N) is 3. The Hall–Kier alpha value is -3.43. The summed E-state index contributed by atoms with van der Waals surface area (Å²) < 4.78 is 0. The summed E-state index contributed by atoms with van der Waals surface area (Å²) in [7, 11) is 0. The molecule has 3 fully saturated rings. The van der Waals surface area contributed by atoms with E-state index in [2.05, 4.69) is 33.7 Å². The van der Waals surface area contributed by atoms with Crippen molar-refractivity contribution >= 4 is 46.6 Å². The molecular weight excluding hydrogens is 633 g/mol. The van der Waals surface area contributed by atoms with Gasteiger partial charge >= 0.3 is 0 Å². The second kappa shape index (κ2) is 14.4. The molecule has 0 spiro atoms. The number of halogens is 2. The Kier molecular flexibility index (Phi) is 10.2. The summed E-state index contributed by atoms with van der Waals surface area (Å²) in [5, 5.41) is 7.32. The van der Waals surface area contributed by atoms with Crippen molar-refractivity contribution in [2.75, 3.05) is 31.5 Å². The molecule has 0 aliphatic carbocycles. The average molecular weight is 677 g/mol. The van der Waals surface area contributed by atoms with Crippen LogP contribution in [-0.4, -0.2) is 76.7 Å². The minimum absolute atomic E-state index is 0.0219. The zero-order valence-electron chi connectivity index (χ0n) is 27.3. The highest BCUT2D eigenvalue weighted by molar-refractivity contribution is 6.42. The first-order valence-electron chi connectivity index (χ1n) is 16.5. The monoisotopic (exact) mass is 675 g/mol. The summed E-state index contributed by atoms with van der Waals surface area (Å²) in [6.07, 6.45) is 4.33. The van der Waals surface area contributed by atoms with Crippen molar-refractivity contribution in [1.82, 2.24) is 20.0 Å². The summed E-state index contributed by atoms with van der Waals surface area (Å²) in [4.78, 5) is 45.2. The highest BCUT2D eigenvalue weighted by Crippen LogP contribution is 2.37. The molecule has 8 nitrogen and oxygen atoms in total. The Morgan fingerprint density at radius 1 is 0.851 bits per heavy atom. The van der Waals surface area contributed by atoms with Crippen molar-refractivity contribution in [1.29, 1.82) is 0 Å². The molecule has 6 rings (SSSR count). The van der Waals surface area contributed by atoms with E-state index in [0.29, 0.717) is 47.3 Å². The lowest BCUT2D eigenvalue weighted by Gasteiger charge is -2.43. The van der Waals surface area contributed by atoms with E-state index in [0.717, 1.165) is 54.6 Å². The molecule has 2 N–H and O–H groups in total. The van der Waals surface area contributed by atoms with Gasteiger partial charge in [-0.05, 0) is 87.1 Å². The van der Waals surface area contributed by atoms with Gasteiger partial charge in [0.1, 0.15) is 0 Å². The molecule has 3 amide bonds. The quantitative estimate of drug-likeness (QED) is 0.290. The maximum atomic E-state index is 13.9. The lowest BCUT2D eigenvalue weighted by Crippen LogP contribution is -2.55. The van der Waals surface area contributed by atoms with Crippen LogP contribution in [0.25, 0.3) is 0 Å². The number of rotatable bonds is 8. The number of fused-ring (bicyclic) bond motifs is 2. The van der Waals surface area contributed by atoms with Gasteiger partial charge in [0.25, 0.3) is 5.91 Å². The van der Waals surface area contributed by atoms with Gasteiger partial charge in [0.05, 0.1) is 22.6 Å². The van der Waals surface area contributed by atoms with Gasteiger partial charge in [-0.2, -0.15) is 0 Å². The summed E-state index contributed by atoms with van der Waals surface area (Å²) in [5.74, 6) is -0.0779. The third-order valence-electron chi connectivity index (χ3n) is 9.85. The van der Waals surface area contributed by atoms with Crippen LogP contribution in [-0.2, 0) is 16.1 Å². The zero-order valence-corrected chi connectivity index (χ0v) is 28.8. The number of nitrogens with one attached hydrogen (secondary N) is 2. The van der Waals surface area contributed by atoms with Gasteiger partial charge in [0.15, 0.2) is 0 Å². The van der Waals surface area contributed by atoms with E-state index >= 15 is 0 Å². The van der Waals surface area contributed by atoms with Gasteiger partial charge in [-0.1, -0.05) is 58.6 Å². The van der Waals surface area contributed by atoms with Crippen molar-refractivity contribution in [2.45, 2.75) is 77.2 Å². The van der Waals surface area contributed by atoms with E-state index in [1.165, 1.54) is 12.5 Å². The molecule has 0 radical (unpaired) electrons. The first-order chi connectivity index (χ1) is 22.5. The normalized spacial score (nSPS) is 22.7. The molecule has 3 aliphatic rings. The van der Waals surface area contributed by atoms with Crippen molar-refractivity contribution in [3.63, 3.8) is 0 Å². The molecule has 3 aromatic rings. The zero-order chi connectivity index (χ0) is 33.2. The molecular formula is C37H43Cl2N5O3. The summed E-state index contributed by atoms with van der Waals surface area (Å²) >= 11 is 12.7. The van der Waals surface area contributed by atoms with Gasteiger partial charge in [-0.25, -0.2) is 0 Å². The number of amides is 3. The van der Waals surface area contributed by atoms with E-state index in [1.54, 1.807) is 6.07 Å². The van der Waals surface area contributed by atoms with Crippen LogP contribution < -0.4 is 10.6 Å². The summed E-state index contributed by atoms with van der Waals surface area (Å²) in [6.45, 7) is 7.92. The number of carbonyl (C=O) groups is 3. The fraction of sp³-hybridized carbons (Fsp3) is 0.432. The molecule has 3 saturated heterocycles. The second-order valence-corrected chi connectivity index (χ2v) is 14.2. The van der Waals surface area contributed by atoms with Crippen LogP contribution >= 0.6 is 23.2 Å². The number of hydrogen-bond acceptors (Lipinski definition) is 5. The van der Waals surface area contributed by atoms with Crippen LogP contribution in [0, 0.1) is 13.8 Å². The van der Waals surface area contributed by atoms with E-state index in [9.17, 15) is 14.4 Å². The van der Waals surface area contributed by atoms with Crippen LogP contribution in [0.3, 0.4) is 0 Å². The van der Waals surface area contributed by atoms with E-state index in [-0.39, 0.29) is 36.3 Å². The molecule has 3 heterocycles. The largest absolute Gasteiger partial charge is 0.334 e. The topological polar surface area (TPSA) is 85.0 Å². The van der Waals surface area contributed by atoms with Crippen LogP contribution in [0.15, 0.2) is 60.7 Å². The Bertz CT molecular complexity index is 1610. The van der Waals surface area contributed by atoms with Gasteiger partial charge in [0.2, 0.25) is 11.8 Å². The average Bonchev–Trinajstić information content (AvgIpc) is 3.26. The molecule has 10 heteroatoms. The standard InChI is InChI=1S/C37H43Cl2N5O3/c1-23-14-24(2)16-28(15-23)37(47)42-12-13-43(35(22-42)27-6-11-33(38)34(39)17-27)36(46)20-40-30-18-31-9-10-32(19-30)44(31)21-26-4-7-29(8-5-26)41-25(3)45/h4-8,11,14-17,30-32,35,40H,9-10,12-13,18-22H2,1-3H3,(H,41,45). The molecule has 2 bridgehead atoms. The molecule has 3 aliphatic heterocycles. The Morgan fingerprint density at radius 3 is 2.17 bits per heavy atom. The number of piperidine rings is 1. The smallest absolute Gasteiger partial charge is 0.254 e. The molecule has 47 heavy (non-hydrogen) atoms. The second-order valence-electron chi connectivity index (χ2n) is 13.4. The molecule has 248 valence electrons. The molecule has 3 atom stereocenters. The number of anilines is 1. The van der Waals surface area contributed by atoms with Gasteiger partial charge < -0.3 is 20.4 Å². The van der Waals surface area contributed by atoms with Crippen LogP contribution in [0.2, 0.25) is 10.0 Å². The van der Waals surface area contributed by atoms with Crippen molar-refractivity contribution in [3.8, 4) is 0 Å². The highest BCUT2D eigenvalue weighted by atomic mass is 35.5. The third-order valence-corrected chi connectivity index (χ3v) is 10.6. The van der Waals surface area contributed by atoms with E-state index in [4.69, 9.17) is 23.2 Å². The fourth-order valence-electron chi connectivity index (χ4n) is 7.69. The maximum absolute atomic E-state index is 13.9. The van der Waals surface area contributed by atoms with E-state index < -0.39 is 0 Å². The molecule has 3 aromatic carbocycles. The fourth-order valence-corrected chi connectivity index (χ4v) is 8.00. The van der Waals surface area contributed by atoms with Crippen LogP contribution in [0.1, 0.15) is 71.3 Å². The Labute approximate surface area is 287 Å². The maximum Gasteiger partial charge on any atom is 0.254 e. The number of benzene rings is 3. The first-order valence-corrected chi connectivity index (χ1v) is 17.3. The van der Waals surface area contributed by atoms with Gasteiger partial charge in [-0.15, -0.1) is 0 Å². The highest BCUT2D eigenvalue weighted by Gasteiger charge is 2.41. The lowest BCUT2D eigenvalue weighted by molar-refractivity contribution is -0.135. The predicted octanol–water partition coefficient (Wildman–Crippen LogP) is 6.38. The number of aryl methyl sites for hydroxylation is 2. The SMILES string of the molecule is CC(=O)Nc1ccc(CN2C3CCC2CC(NCC(=O)N2CCN(C(=O)c4cc(C)cc(C)c4)CC2c2ccc(Cl)c(Cl)c2)C3)cc1. The summed E-state index contributed by atoms with van der Waals surface area (Å²) in [6, 6.07) is 20.4. The third kappa shape index (κ3) is 7.83. The number of hydrogen-bond donors (Lipinski definition) is 2. The Balaban J connectivity index is 1.09. The van der Waals surface area contributed by atoms with Crippen LogP contribution in [0.4, 0.5) is 5.69 Å². The van der Waals surface area contributed by atoms with Gasteiger partial charge in [-0.3, -0.25) is 19.3 Å². The van der Waals surface area contributed by atoms with Crippen LogP contribution in [0.5, 0.6) is 0 Å². The first kappa shape index (κ1) is 33.5. The molecule has 0 saturated carbocycles. The summed E-state index contributed by atoms with van der Waals surface area (Å²) in [5.41, 5.74) is 5.67. The number of carbonyl (C=O) groups excluding carboxylic acids is 3. The van der Waals surface area contributed by atoms with E-state index in [1.807, 2.05) is 60.0 Å².